The molecular weight excluding hydrogens is 260 g/mol. The van der Waals surface area contributed by atoms with E-state index in [1.807, 2.05) is 20.8 Å². The number of furan rings is 1. The van der Waals surface area contributed by atoms with Crippen LogP contribution in [-0.2, 0) is 4.74 Å². The maximum Gasteiger partial charge on any atom is 0.410 e. The Labute approximate surface area is 118 Å². The SMILES string of the molecule is CC(C)(C)OC(=O)N1CCN(C(=O)c2ccco2)CC1. The smallest absolute Gasteiger partial charge is 0.410 e. The highest BCUT2D eigenvalue weighted by molar-refractivity contribution is 5.91. The van der Waals surface area contributed by atoms with Crippen molar-refractivity contribution in [1.29, 1.82) is 0 Å². The topological polar surface area (TPSA) is 63.0 Å². The second kappa shape index (κ2) is 5.56. The molecule has 1 fully saturated rings. The standard InChI is InChI=1S/C14H20N2O4/c1-14(2,3)20-13(18)16-8-6-15(7-9-16)12(17)11-5-4-10-19-11/h4-5,10H,6-9H2,1-3H3. The molecule has 1 saturated heterocycles. The molecule has 0 unspecified atom stereocenters. The van der Waals surface area contributed by atoms with E-state index < -0.39 is 5.60 Å². The molecule has 0 aromatic carbocycles. The highest BCUT2D eigenvalue weighted by Gasteiger charge is 2.28. The number of carbonyl (C=O) groups is 2. The molecule has 0 aliphatic carbocycles. The summed E-state index contributed by atoms with van der Waals surface area (Å²) in [6.07, 6.45) is 1.15. The van der Waals surface area contributed by atoms with E-state index in [-0.39, 0.29) is 12.0 Å². The van der Waals surface area contributed by atoms with Gasteiger partial charge in [0.25, 0.3) is 5.91 Å². The lowest BCUT2D eigenvalue weighted by atomic mass is 10.2. The number of hydrogen-bond donors (Lipinski definition) is 0. The molecule has 0 N–H and O–H groups in total. The third-order valence-electron chi connectivity index (χ3n) is 2.95. The van der Waals surface area contributed by atoms with Crippen LogP contribution < -0.4 is 0 Å². The number of amides is 2. The Morgan fingerprint density at radius 2 is 1.75 bits per heavy atom. The monoisotopic (exact) mass is 280 g/mol. The van der Waals surface area contributed by atoms with Crippen LogP contribution in [0.5, 0.6) is 0 Å². The molecule has 1 aromatic heterocycles. The van der Waals surface area contributed by atoms with Crippen LogP contribution in [0.3, 0.4) is 0 Å². The summed E-state index contributed by atoms with van der Waals surface area (Å²) in [5.74, 6) is 0.189. The number of ether oxygens (including phenoxy) is 1. The van der Waals surface area contributed by atoms with Gasteiger partial charge in [0.2, 0.25) is 0 Å². The third-order valence-corrected chi connectivity index (χ3v) is 2.95. The maximum absolute atomic E-state index is 12.1. The van der Waals surface area contributed by atoms with Crippen LogP contribution in [0.25, 0.3) is 0 Å². The van der Waals surface area contributed by atoms with Gasteiger partial charge in [0, 0.05) is 26.2 Å². The van der Waals surface area contributed by atoms with Crippen molar-refractivity contribution in [3.8, 4) is 0 Å². The van der Waals surface area contributed by atoms with Crippen molar-refractivity contribution in [3.63, 3.8) is 0 Å². The molecule has 110 valence electrons. The molecule has 1 aromatic rings. The molecule has 1 aliphatic rings. The van der Waals surface area contributed by atoms with Gasteiger partial charge >= 0.3 is 6.09 Å². The first-order valence-electron chi connectivity index (χ1n) is 6.67. The molecule has 2 amide bonds. The van der Waals surface area contributed by atoms with Gasteiger partial charge in [0.05, 0.1) is 6.26 Å². The van der Waals surface area contributed by atoms with E-state index in [1.165, 1.54) is 6.26 Å². The first-order chi connectivity index (χ1) is 9.37. The Morgan fingerprint density at radius 3 is 2.25 bits per heavy atom. The van der Waals surface area contributed by atoms with Crippen LogP contribution >= 0.6 is 0 Å². The molecule has 20 heavy (non-hydrogen) atoms. The number of rotatable bonds is 1. The van der Waals surface area contributed by atoms with Crippen LogP contribution in [0.1, 0.15) is 31.3 Å². The van der Waals surface area contributed by atoms with E-state index in [0.29, 0.717) is 31.9 Å². The van der Waals surface area contributed by atoms with Crippen molar-refractivity contribution in [3.05, 3.63) is 24.2 Å². The summed E-state index contributed by atoms with van der Waals surface area (Å²) in [5.41, 5.74) is -0.502. The number of nitrogens with zero attached hydrogens (tertiary/aromatic N) is 2. The Morgan fingerprint density at radius 1 is 1.15 bits per heavy atom. The van der Waals surface area contributed by atoms with Gasteiger partial charge in [-0.1, -0.05) is 0 Å². The quantitative estimate of drug-likeness (QED) is 0.789. The van der Waals surface area contributed by atoms with Crippen LogP contribution in [0.15, 0.2) is 22.8 Å². The summed E-state index contributed by atoms with van der Waals surface area (Å²) in [4.78, 5) is 27.3. The molecule has 6 nitrogen and oxygen atoms in total. The summed E-state index contributed by atoms with van der Waals surface area (Å²) < 4.78 is 10.4. The fourth-order valence-electron chi connectivity index (χ4n) is 1.97. The molecule has 0 bridgehead atoms. The van der Waals surface area contributed by atoms with Gasteiger partial charge in [-0.2, -0.15) is 0 Å². The average molecular weight is 280 g/mol. The Balaban J connectivity index is 1.86. The first kappa shape index (κ1) is 14.4. The highest BCUT2D eigenvalue weighted by atomic mass is 16.6. The zero-order valence-corrected chi connectivity index (χ0v) is 12.1. The van der Waals surface area contributed by atoms with Crippen molar-refractivity contribution in [1.82, 2.24) is 9.80 Å². The fraction of sp³-hybridized carbons (Fsp3) is 0.571. The molecule has 6 heteroatoms. The van der Waals surface area contributed by atoms with Gasteiger partial charge in [-0.3, -0.25) is 4.79 Å². The van der Waals surface area contributed by atoms with Crippen molar-refractivity contribution in [2.75, 3.05) is 26.2 Å². The van der Waals surface area contributed by atoms with Crippen molar-refractivity contribution in [2.24, 2.45) is 0 Å². The lowest BCUT2D eigenvalue weighted by molar-refractivity contribution is 0.0137. The second-order valence-corrected chi connectivity index (χ2v) is 5.74. The molecule has 0 saturated carbocycles. The predicted octanol–water partition coefficient (Wildman–Crippen LogP) is 1.97. The van der Waals surface area contributed by atoms with Crippen molar-refractivity contribution in [2.45, 2.75) is 26.4 Å². The van der Waals surface area contributed by atoms with E-state index in [1.54, 1.807) is 21.9 Å². The summed E-state index contributed by atoms with van der Waals surface area (Å²) in [7, 11) is 0. The van der Waals surface area contributed by atoms with Crippen LogP contribution in [-0.4, -0.2) is 53.6 Å². The Hall–Kier alpha value is -1.98. The maximum atomic E-state index is 12.1. The average Bonchev–Trinajstić information content (AvgIpc) is 2.90. The largest absolute Gasteiger partial charge is 0.459 e. The molecule has 0 spiro atoms. The number of hydrogen-bond acceptors (Lipinski definition) is 4. The van der Waals surface area contributed by atoms with Gasteiger partial charge < -0.3 is 19.0 Å². The van der Waals surface area contributed by atoms with Crippen LogP contribution in [0.4, 0.5) is 4.79 Å². The number of piperazine rings is 1. The fourth-order valence-corrected chi connectivity index (χ4v) is 1.97. The van der Waals surface area contributed by atoms with E-state index in [0.717, 1.165) is 0 Å². The van der Waals surface area contributed by atoms with E-state index in [2.05, 4.69) is 0 Å². The predicted molar refractivity (Wildman–Crippen MR) is 72.4 cm³/mol. The minimum Gasteiger partial charge on any atom is -0.459 e. The van der Waals surface area contributed by atoms with Crippen molar-refractivity contribution < 1.29 is 18.7 Å². The van der Waals surface area contributed by atoms with E-state index in [4.69, 9.17) is 9.15 Å². The molecule has 2 rings (SSSR count). The third kappa shape index (κ3) is 3.53. The Bertz CT molecular complexity index is 468. The van der Waals surface area contributed by atoms with Gasteiger partial charge in [0.1, 0.15) is 5.60 Å². The molecule has 1 aliphatic heterocycles. The number of carbonyl (C=O) groups excluding carboxylic acids is 2. The summed E-state index contributed by atoms with van der Waals surface area (Å²) in [5, 5.41) is 0. The Kier molecular flexibility index (Phi) is 4.01. The molecule has 0 atom stereocenters. The first-order valence-corrected chi connectivity index (χ1v) is 6.67. The van der Waals surface area contributed by atoms with Crippen LogP contribution in [0, 0.1) is 0 Å². The van der Waals surface area contributed by atoms with Gasteiger partial charge in [-0.25, -0.2) is 4.79 Å². The molecular formula is C14H20N2O4. The molecule has 2 heterocycles. The highest BCUT2D eigenvalue weighted by Crippen LogP contribution is 2.13. The summed E-state index contributed by atoms with van der Waals surface area (Å²) in [6.45, 7) is 7.42. The second-order valence-electron chi connectivity index (χ2n) is 5.74. The summed E-state index contributed by atoms with van der Waals surface area (Å²) in [6, 6.07) is 3.33. The van der Waals surface area contributed by atoms with Crippen molar-refractivity contribution >= 4 is 12.0 Å². The van der Waals surface area contributed by atoms with Gasteiger partial charge in [-0.15, -0.1) is 0 Å². The van der Waals surface area contributed by atoms with Gasteiger partial charge in [0.15, 0.2) is 5.76 Å². The minimum absolute atomic E-state index is 0.140. The van der Waals surface area contributed by atoms with Crippen LogP contribution in [0.2, 0.25) is 0 Å². The normalized spacial score (nSPS) is 16.1. The van der Waals surface area contributed by atoms with E-state index in [9.17, 15) is 9.59 Å². The molecule has 0 radical (unpaired) electrons. The van der Waals surface area contributed by atoms with E-state index >= 15 is 0 Å². The summed E-state index contributed by atoms with van der Waals surface area (Å²) >= 11 is 0. The van der Waals surface area contributed by atoms with Gasteiger partial charge in [-0.05, 0) is 32.9 Å². The lowest BCUT2D eigenvalue weighted by Crippen LogP contribution is -2.51. The zero-order valence-electron chi connectivity index (χ0n) is 12.1. The minimum atomic E-state index is -0.502. The zero-order chi connectivity index (χ0) is 14.8. The lowest BCUT2D eigenvalue weighted by Gasteiger charge is -2.35.